The highest BCUT2D eigenvalue weighted by Gasteiger charge is 2.15. The van der Waals surface area contributed by atoms with Crippen LogP contribution in [0.25, 0.3) is 0 Å². The predicted molar refractivity (Wildman–Crippen MR) is 88.4 cm³/mol. The third kappa shape index (κ3) is 3.70. The molecule has 0 bridgehead atoms. The molecular weight excluding hydrogens is 310 g/mol. The van der Waals surface area contributed by atoms with Gasteiger partial charge in [0.05, 0.1) is 6.21 Å². The van der Waals surface area contributed by atoms with Crippen molar-refractivity contribution in [3.63, 3.8) is 0 Å². The van der Waals surface area contributed by atoms with Crippen molar-refractivity contribution in [2.24, 2.45) is 5.10 Å². The number of fused-ring (bicyclic) bond motifs is 1. The van der Waals surface area contributed by atoms with Crippen molar-refractivity contribution in [1.82, 2.24) is 5.43 Å². The monoisotopic (exact) mass is 325 g/mol. The molecule has 24 heavy (non-hydrogen) atoms. The first-order valence-electron chi connectivity index (χ1n) is 7.22. The highest BCUT2D eigenvalue weighted by atomic mass is 16.7. The molecule has 0 unspecified atom stereocenters. The molecule has 0 saturated heterocycles. The molecule has 0 aliphatic carbocycles. The first-order valence-corrected chi connectivity index (χ1v) is 7.22. The summed E-state index contributed by atoms with van der Waals surface area (Å²) in [6, 6.07) is 12.0. The maximum atomic E-state index is 12.0. The minimum atomic E-state index is -0.348. The van der Waals surface area contributed by atoms with E-state index in [0.717, 1.165) is 5.56 Å². The van der Waals surface area contributed by atoms with Gasteiger partial charge in [-0.05, 0) is 35.9 Å². The van der Waals surface area contributed by atoms with Crippen LogP contribution < -0.4 is 20.2 Å². The number of carbonyl (C=O) groups is 2. The summed E-state index contributed by atoms with van der Waals surface area (Å²) in [6.07, 6.45) is 1.52. The third-order valence-corrected chi connectivity index (χ3v) is 3.25. The van der Waals surface area contributed by atoms with E-state index in [4.69, 9.17) is 9.47 Å². The van der Waals surface area contributed by atoms with E-state index in [1.807, 2.05) is 0 Å². The van der Waals surface area contributed by atoms with Crippen LogP contribution in [0.1, 0.15) is 22.8 Å². The minimum Gasteiger partial charge on any atom is -0.454 e. The lowest BCUT2D eigenvalue weighted by Gasteiger charge is -2.02. The van der Waals surface area contributed by atoms with E-state index in [-0.39, 0.29) is 18.6 Å². The first kappa shape index (κ1) is 15.5. The van der Waals surface area contributed by atoms with E-state index >= 15 is 0 Å². The zero-order valence-electron chi connectivity index (χ0n) is 12.9. The maximum Gasteiger partial charge on any atom is 0.271 e. The molecule has 1 heterocycles. The fraction of sp³-hybridized carbons (Fsp3) is 0.118. The number of anilines is 1. The number of rotatable bonds is 4. The normalized spacial score (nSPS) is 12.2. The molecule has 0 atom stereocenters. The summed E-state index contributed by atoms with van der Waals surface area (Å²) < 4.78 is 10.4. The van der Waals surface area contributed by atoms with Crippen LogP contribution in [0.5, 0.6) is 11.5 Å². The SMILES string of the molecule is CC(=O)Nc1ccc(/C=N\NC(=O)c2ccc3c(c2)OCO3)cc1. The molecule has 122 valence electrons. The number of ether oxygens (including phenoxy) is 2. The molecule has 3 rings (SSSR count). The lowest BCUT2D eigenvalue weighted by molar-refractivity contribution is -0.114. The third-order valence-electron chi connectivity index (χ3n) is 3.25. The number of hydrogen-bond donors (Lipinski definition) is 2. The summed E-state index contributed by atoms with van der Waals surface area (Å²) in [5.41, 5.74) is 4.36. The Morgan fingerprint density at radius 3 is 2.58 bits per heavy atom. The average Bonchev–Trinajstić information content (AvgIpc) is 3.03. The van der Waals surface area contributed by atoms with Gasteiger partial charge in [-0.25, -0.2) is 5.43 Å². The van der Waals surface area contributed by atoms with E-state index < -0.39 is 0 Å². The number of benzene rings is 2. The van der Waals surface area contributed by atoms with Crippen LogP contribution in [0.15, 0.2) is 47.6 Å². The fourth-order valence-electron chi connectivity index (χ4n) is 2.12. The van der Waals surface area contributed by atoms with Crippen molar-refractivity contribution in [2.75, 3.05) is 12.1 Å². The Kier molecular flexibility index (Phi) is 4.42. The summed E-state index contributed by atoms with van der Waals surface area (Å²) in [4.78, 5) is 23.0. The summed E-state index contributed by atoms with van der Waals surface area (Å²) in [5.74, 6) is 0.682. The second-order valence-corrected chi connectivity index (χ2v) is 5.07. The molecule has 0 radical (unpaired) electrons. The van der Waals surface area contributed by atoms with Gasteiger partial charge in [-0.3, -0.25) is 9.59 Å². The lowest BCUT2D eigenvalue weighted by Crippen LogP contribution is -2.17. The number of amides is 2. The molecule has 2 N–H and O–H groups in total. The smallest absolute Gasteiger partial charge is 0.271 e. The van der Waals surface area contributed by atoms with Gasteiger partial charge in [0.2, 0.25) is 12.7 Å². The second kappa shape index (κ2) is 6.82. The van der Waals surface area contributed by atoms with Gasteiger partial charge in [0.15, 0.2) is 11.5 Å². The van der Waals surface area contributed by atoms with Crippen molar-refractivity contribution in [3.8, 4) is 11.5 Å². The van der Waals surface area contributed by atoms with Gasteiger partial charge in [0.1, 0.15) is 0 Å². The zero-order chi connectivity index (χ0) is 16.9. The molecule has 7 heteroatoms. The minimum absolute atomic E-state index is 0.132. The largest absolute Gasteiger partial charge is 0.454 e. The molecule has 1 aliphatic rings. The van der Waals surface area contributed by atoms with Gasteiger partial charge >= 0.3 is 0 Å². The number of hydrogen-bond acceptors (Lipinski definition) is 5. The molecule has 1 aliphatic heterocycles. The zero-order valence-corrected chi connectivity index (χ0v) is 12.9. The molecule has 2 aromatic rings. The lowest BCUT2D eigenvalue weighted by atomic mass is 10.2. The Morgan fingerprint density at radius 2 is 1.83 bits per heavy atom. The van der Waals surface area contributed by atoms with E-state index in [1.54, 1.807) is 42.5 Å². The Hall–Kier alpha value is -3.35. The molecule has 0 fully saturated rings. The Balaban J connectivity index is 1.59. The van der Waals surface area contributed by atoms with E-state index in [2.05, 4.69) is 15.8 Å². The van der Waals surface area contributed by atoms with Gasteiger partial charge in [-0.1, -0.05) is 12.1 Å². The van der Waals surface area contributed by atoms with Crippen molar-refractivity contribution in [2.45, 2.75) is 6.92 Å². The Labute approximate surface area is 138 Å². The van der Waals surface area contributed by atoms with Crippen molar-refractivity contribution < 1.29 is 19.1 Å². The van der Waals surface area contributed by atoms with Gasteiger partial charge in [-0.15, -0.1) is 0 Å². The van der Waals surface area contributed by atoms with Gasteiger partial charge in [0.25, 0.3) is 5.91 Å². The van der Waals surface area contributed by atoms with Crippen LogP contribution >= 0.6 is 0 Å². The highest BCUT2D eigenvalue weighted by Crippen LogP contribution is 2.32. The number of nitrogens with one attached hydrogen (secondary N) is 2. The molecule has 2 aromatic carbocycles. The molecule has 0 aromatic heterocycles. The van der Waals surface area contributed by atoms with E-state index in [0.29, 0.717) is 22.7 Å². The first-order chi connectivity index (χ1) is 11.6. The highest BCUT2D eigenvalue weighted by molar-refractivity contribution is 5.95. The van der Waals surface area contributed by atoms with Crippen LogP contribution in [0.2, 0.25) is 0 Å². The van der Waals surface area contributed by atoms with Gasteiger partial charge in [0, 0.05) is 18.2 Å². The molecule has 2 amide bonds. The Bertz CT molecular complexity index is 800. The summed E-state index contributed by atoms with van der Waals surface area (Å²) >= 11 is 0. The molecule has 7 nitrogen and oxygen atoms in total. The molecular formula is C17H15N3O4. The fourth-order valence-corrected chi connectivity index (χ4v) is 2.12. The molecule has 0 spiro atoms. The predicted octanol–water partition coefficient (Wildman–Crippen LogP) is 2.14. The van der Waals surface area contributed by atoms with Crippen LogP contribution in [-0.2, 0) is 4.79 Å². The number of carbonyl (C=O) groups excluding carboxylic acids is 2. The van der Waals surface area contributed by atoms with Crippen molar-refractivity contribution in [3.05, 3.63) is 53.6 Å². The van der Waals surface area contributed by atoms with Crippen molar-refractivity contribution >= 4 is 23.7 Å². The topological polar surface area (TPSA) is 89.0 Å². The van der Waals surface area contributed by atoms with E-state index in [1.165, 1.54) is 13.1 Å². The standard InChI is InChI=1S/C17H15N3O4/c1-11(21)19-14-5-2-12(3-6-14)9-18-20-17(22)13-4-7-15-16(8-13)24-10-23-15/h2-9H,10H2,1H3,(H,19,21)(H,20,22)/b18-9-. The van der Waals surface area contributed by atoms with Gasteiger partial charge < -0.3 is 14.8 Å². The van der Waals surface area contributed by atoms with Crippen LogP contribution in [0, 0.1) is 0 Å². The Morgan fingerprint density at radius 1 is 1.08 bits per heavy atom. The summed E-state index contributed by atoms with van der Waals surface area (Å²) in [5, 5.41) is 6.59. The summed E-state index contributed by atoms with van der Waals surface area (Å²) in [7, 11) is 0. The van der Waals surface area contributed by atoms with E-state index in [9.17, 15) is 9.59 Å². The van der Waals surface area contributed by atoms with Crippen LogP contribution in [0.4, 0.5) is 5.69 Å². The number of hydrazone groups is 1. The second-order valence-electron chi connectivity index (χ2n) is 5.07. The average molecular weight is 325 g/mol. The quantitative estimate of drug-likeness (QED) is 0.666. The van der Waals surface area contributed by atoms with Crippen LogP contribution in [0.3, 0.4) is 0 Å². The maximum absolute atomic E-state index is 12.0. The number of nitrogens with zero attached hydrogens (tertiary/aromatic N) is 1. The molecule has 0 saturated carbocycles. The van der Waals surface area contributed by atoms with Crippen molar-refractivity contribution in [1.29, 1.82) is 0 Å². The summed E-state index contributed by atoms with van der Waals surface area (Å²) in [6.45, 7) is 1.61. The van der Waals surface area contributed by atoms with Crippen LogP contribution in [-0.4, -0.2) is 24.8 Å². The van der Waals surface area contributed by atoms with Gasteiger partial charge in [-0.2, -0.15) is 5.10 Å².